The van der Waals surface area contributed by atoms with Crippen molar-refractivity contribution >= 4 is 15.7 Å². The van der Waals surface area contributed by atoms with Crippen molar-refractivity contribution in [1.29, 1.82) is 0 Å². The summed E-state index contributed by atoms with van der Waals surface area (Å²) >= 11 is 0. The molecule has 3 rings (SSSR count). The molecule has 1 saturated carbocycles. The lowest BCUT2D eigenvalue weighted by Gasteiger charge is -2.34. The van der Waals surface area contributed by atoms with E-state index in [1.54, 1.807) is 0 Å². The molecule has 1 aromatic heterocycles. The lowest BCUT2D eigenvalue weighted by molar-refractivity contribution is -0.153. The Balaban J connectivity index is 1.73. The van der Waals surface area contributed by atoms with E-state index in [9.17, 15) is 39.6 Å². The largest absolute Gasteiger partial charge is 0.456 e. The first-order valence-corrected chi connectivity index (χ1v) is 11.1. The van der Waals surface area contributed by atoms with E-state index in [-0.39, 0.29) is 18.6 Å². The van der Waals surface area contributed by atoms with Gasteiger partial charge in [-0.25, -0.2) is 12.8 Å². The Morgan fingerprint density at radius 2 is 1.67 bits per heavy atom. The molecular formula is C20H18F7NO4S. The predicted octanol–water partition coefficient (Wildman–Crippen LogP) is 5.44. The lowest BCUT2D eigenvalue weighted by atomic mass is 9.93. The molecule has 2 aromatic rings. The topological polar surface area (TPSA) is 76.4 Å². The van der Waals surface area contributed by atoms with Gasteiger partial charge in [0.05, 0.1) is 16.0 Å². The Kier molecular flexibility index (Phi) is 6.33. The van der Waals surface area contributed by atoms with E-state index < -0.39 is 73.8 Å². The normalized spacial score (nSPS) is 22.2. The van der Waals surface area contributed by atoms with Crippen LogP contribution in [0, 0.1) is 6.92 Å². The average molecular weight is 501 g/mol. The fourth-order valence-corrected chi connectivity index (χ4v) is 5.40. The molecule has 0 aliphatic heterocycles. The Bertz CT molecular complexity index is 1140. The lowest BCUT2D eigenvalue weighted by Crippen LogP contribution is -2.45. The highest BCUT2D eigenvalue weighted by Gasteiger charge is 2.49. The van der Waals surface area contributed by atoms with Crippen LogP contribution in [0.5, 0.6) is 0 Å². The summed E-state index contributed by atoms with van der Waals surface area (Å²) in [4.78, 5) is 11.5. The van der Waals surface area contributed by atoms with Crippen LogP contribution in [-0.4, -0.2) is 25.4 Å². The Labute approximate surface area is 183 Å². The summed E-state index contributed by atoms with van der Waals surface area (Å²) in [5, 5.41) is -0.577. The molecule has 1 aliphatic carbocycles. The van der Waals surface area contributed by atoms with E-state index in [4.69, 9.17) is 0 Å². The number of hydrogen-bond acceptors (Lipinski definition) is 4. The Hall–Kier alpha value is -2.57. The first-order chi connectivity index (χ1) is 15.0. The summed E-state index contributed by atoms with van der Waals surface area (Å²) in [7, 11) is -4.81. The fraction of sp³-hybridized carbons (Fsp3) is 0.450. The van der Waals surface area contributed by atoms with E-state index >= 15 is 4.39 Å². The van der Waals surface area contributed by atoms with Gasteiger partial charge in [-0.2, -0.15) is 26.3 Å². The Morgan fingerprint density at radius 3 is 2.21 bits per heavy atom. The highest BCUT2D eigenvalue weighted by molar-refractivity contribution is 7.92. The third-order valence-electron chi connectivity index (χ3n) is 5.38. The summed E-state index contributed by atoms with van der Waals surface area (Å²) in [6, 6.07) is 2.79. The molecule has 1 heterocycles. The number of rotatable bonds is 4. The van der Waals surface area contributed by atoms with Gasteiger partial charge in [0.2, 0.25) is 20.6 Å². The number of aryl methyl sites for hydroxylation is 1. The molecule has 0 saturated heterocycles. The number of amides is 1. The fourth-order valence-electron chi connectivity index (χ4n) is 3.67. The van der Waals surface area contributed by atoms with Gasteiger partial charge in [0, 0.05) is 6.04 Å². The van der Waals surface area contributed by atoms with Crippen molar-refractivity contribution in [1.82, 2.24) is 5.32 Å². The van der Waals surface area contributed by atoms with Gasteiger partial charge < -0.3 is 9.73 Å². The molecule has 1 amide bonds. The highest BCUT2D eigenvalue weighted by Crippen LogP contribution is 2.42. The van der Waals surface area contributed by atoms with Crippen molar-refractivity contribution in [3.05, 3.63) is 53.0 Å². The van der Waals surface area contributed by atoms with Crippen molar-refractivity contribution in [2.75, 3.05) is 0 Å². The second-order valence-electron chi connectivity index (χ2n) is 7.76. The zero-order valence-corrected chi connectivity index (χ0v) is 17.8. The number of carbonyl (C=O) groups is 1. The smallest absolute Gasteiger partial charge is 0.450 e. The minimum atomic E-state index is -4.92. The average Bonchev–Trinajstić information content (AvgIpc) is 3.12. The number of furan rings is 1. The van der Waals surface area contributed by atoms with Crippen LogP contribution in [0.3, 0.4) is 0 Å². The van der Waals surface area contributed by atoms with Gasteiger partial charge in [-0.15, -0.1) is 0 Å². The van der Waals surface area contributed by atoms with Gasteiger partial charge in [-0.05, 0) is 56.9 Å². The molecule has 0 radical (unpaired) electrons. The van der Waals surface area contributed by atoms with E-state index in [0.29, 0.717) is 12.1 Å². The highest BCUT2D eigenvalue weighted by atomic mass is 32.2. The summed E-state index contributed by atoms with van der Waals surface area (Å²) < 4.78 is 123. The second-order valence-corrected chi connectivity index (χ2v) is 9.97. The van der Waals surface area contributed by atoms with E-state index in [2.05, 4.69) is 9.73 Å². The molecule has 0 unspecified atom stereocenters. The van der Waals surface area contributed by atoms with Crippen molar-refractivity contribution in [2.45, 2.75) is 60.9 Å². The monoisotopic (exact) mass is 501 g/mol. The SMILES string of the molecule is Cc1cc(C(=O)N[C@H]2CC[C@](F)(S(=O)(=O)c3cccc(C(F)(F)F)c3)CC2)c(C(F)(F)F)o1. The molecule has 1 aromatic carbocycles. The first-order valence-electron chi connectivity index (χ1n) is 9.64. The van der Waals surface area contributed by atoms with Crippen molar-refractivity contribution in [3.63, 3.8) is 0 Å². The van der Waals surface area contributed by atoms with Crippen molar-refractivity contribution in [3.8, 4) is 0 Å². The molecular weight excluding hydrogens is 483 g/mol. The molecule has 0 spiro atoms. The molecule has 1 N–H and O–H groups in total. The van der Waals surface area contributed by atoms with Crippen LogP contribution in [0.25, 0.3) is 0 Å². The van der Waals surface area contributed by atoms with E-state index in [1.807, 2.05) is 0 Å². The summed E-state index contributed by atoms with van der Waals surface area (Å²) in [6.45, 7) is 1.22. The maximum atomic E-state index is 15.4. The third kappa shape index (κ3) is 5.02. The van der Waals surface area contributed by atoms with Crippen LogP contribution in [0.15, 0.2) is 39.6 Å². The van der Waals surface area contributed by atoms with Gasteiger partial charge in [-0.3, -0.25) is 4.79 Å². The molecule has 0 bridgehead atoms. The van der Waals surface area contributed by atoms with Crippen molar-refractivity contribution in [2.24, 2.45) is 0 Å². The van der Waals surface area contributed by atoms with Crippen LogP contribution in [0.1, 0.15) is 53.1 Å². The maximum absolute atomic E-state index is 15.4. The first kappa shape index (κ1) is 25.1. The quantitative estimate of drug-likeness (QED) is 0.567. The minimum absolute atomic E-state index is 0.147. The standard InChI is InChI=1S/C20H18F7NO4S/c1-11-9-15(16(32-11)20(25,26)27)17(29)28-13-5-7-18(21,8-6-13)33(30,31)14-4-2-3-12(10-14)19(22,23)24/h2-4,9-10,13H,5-8H2,1H3,(H,28,29)/t13-,18-. The zero-order chi connectivity index (χ0) is 24.8. The number of alkyl halides is 7. The van der Waals surface area contributed by atoms with Crippen LogP contribution in [0.2, 0.25) is 0 Å². The van der Waals surface area contributed by atoms with E-state index in [1.165, 1.54) is 6.92 Å². The van der Waals surface area contributed by atoms with E-state index in [0.717, 1.165) is 18.2 Å². The molecule has 1 fully saturated rings. The predicted molar refractivity (Wildman–Crippen MR) is 101 cm³/mol. The molecule has 33 heavy (non-hydrogen) atoms. The van der Waals surface area contributed by atoms with Crippen LogP contribution in [0.4, 0.5) is 30.7 Å². The minimum Gasteiger partial charge on any atom is -0.456 e. The number of nitrogens with one attached hydrogen (secondary N) is 1. The molecule has 5 nitrogen and oxygen atoms in total. The van der Waals surface area contributed by atoms with Gasteiger partial charge in [0.15, 0.2) is 0 Å². The summed E-state index contributed by atoms with van der Waals surface area (Å²) in [5.41, 5.74) is -2.00. The third-order valence-corrected chi connectivity index (χ3v) is 7.62. The van der Waals surface area contributed by atoms with Crippen LogP contribution in [-0.2, 0) is 22.2 Å². The number of hydrogen-bond donors (Lipinski definition) is 1. The number of halogens is 7. The zero-order valence-electron chi connectivity index (χ0n) is 17.0. The molecule has 0 atom stereocenters. The van der Waals surface area contributed by atoms with Gasteiger partial charge in [-0.1, -0.05) is 6.07 Å². The van der Waals surface area contributed by atoms with Gasteiger partial charge in [0.1, 0.15) is 5.76 Å². The molecule has 13 heteroatoms. The number of carbonyl (C=O) groups excluding carboxylic acids is 1. The summed E-state index contributed by atoms with van der Waals surface area (Å²) in [5.74, 6) is -2.75. The molecule has 1 aliphatic rings. The van der Waals surface area contributed by atoms with Crippen LogP contribution < -0.4 is 5.32 Å². The maximum Gasteiger partial charge on any atom is 0.450 e. The summed E-state index contributed by atoms with van der Waals surface area (Å²) in [6.07, 6.45) is -11.6. The van der Waals surface area contributed by atoms with Crippen molar-refractivity contribution < 1.29 is 48.4 Å². The number of benzene rings is 1. The molecule has 182 valence electrons. The Morgan fingerprint density at radius 1 is 1.06 bits per heavy atom. The number of sulfone groups is 1. The van der Waals surface area contributed by atoms with Crippen LogP contribution >= 0.6 is 0 Å². The second kappa shape index (κ2) is 8.33. The van der Waals surface area contributed by atoms with Gasteiger partial charge in [0.25, 0.3) is 5.91 Å². The van der Waals surface area contributed by atoms with Gasteiger partial charge >= 0.3 is 12.4 Å².